The molecular weight excluding hydrogens is 591 g/mol. The van der Waals surface area contributed by atoms with Gasteiger partial charge in [-0.1, -0.05) is 49.2 Å². The van der Waals surface area contributed by atoms with Crippen LogP contribution in [-0.2, 0) is 4.79 Å². The van der Waals surface area contributed by atoms with Gasteiger partial charge in [0.1, 0.15) is 17.2 Å². The molecule has 0 aromatic heterocycles. The molecule has 0 aliphatic rings. The lowest BCUT2D eigenvalue weighted by atomic mass is 10.0. The molecule has 0 saturated carbocycles. The highest BCUT2D eigenvalue weighted by atomic mass is 35.5. The van der Waals surface area contributed by atoms with Crippen LogP contribution in [-0.4, -0.2) is 30.7 Å². The Morgan fingerprint density at radius 1 is 0.791 bits per heavy atom. The molecule has 1 amide bonds. The maximum atomic E-state index is 12.8. The highest BCUT2D eigenvalue weighted by Gasteiger charge is 2.15. The Labute approximate surface area is 259 Å². The number of halogens is 2. The van der Waals surface area contributed by atoms with Crippen molar-refractivity contribution < 1.29 is 28.6 Å². The maximum absolute atomic E-state index is 12.8. The van der Waals surface area contributed by atoms with Gasteiger partial charge in [-0.25, -0.2) is 15.0 Å². The van der Waals surface area contributed by atoms with Gasteiger partial charge in [0, 0.05) is 21.7 Å². The molecule has 4 aromatic carbocycles. The van der Waals surface area contributed by atoms with Gasteiger partial charge in [0.2, 0.25) is 0 Å². The van der Waals surface area contributed by atoms with Crippen molar-refractivity contribution in [2.75, 3.05) is 6.61 Å². The zero-order valence-electron chi connectivity index (χ0n) is 23.6. The summed E-state index contributed by atoms with van der Waals surface area (Å²) in [4.78, 5) is 37.9. The van der Waals surface area contributed by atoms with Crippen molar-refractivity contribution in [2.24, 2.45) is 5.10 Å². The summed E-state index contributed by atoms with van der Waals surface area (Å²) >= 11 is 11.8. The number of carbonyl (C=O) groups is 3. The summed E-state index contributed by atoms with van der Waals surface area (Å²) in [5.74, 6) is -0.705. The number of nitrogens with one attached hydrogen (secondary N) is 1. The number of hydrazone groups is 1. The fourth-order valence-electron chi connectivity index (χ4n) is 3.75. The number of hydrogen-bond donors (Lipinski definition) is 1. The van der Waals surface area contributed by atoms with Crippen LogP contribution >= 0.6 is 23.2 Å². The first-order valence-corrected chi connectivity index (χ1v) is 14.0. The third kappa shape index (κ3) is 8.91. The third-order valence-electron chi connectivity index (χ3n) is 6.19. The number of carbonyl (C=O) groups excluding carboxylic acids is 3. The predicted molar refractivity (Wildman–Crippen MR) is 166 cm³/mol. The van der Waals surface area contributed by atoms with Crippen molar-refractivity contribution in [3.63, 3.8) is 0 Å². The van der Waals surface area contributed by atoms with E-state index in [0.29, 0.717) is 27.3 Å². The molecule has 4 aromatic rings. The van der Waals surface area contributed by atoms with E-state index in [1.54, 1.807) is 24.3 Å². The van der Waals surface area contributed by atoms with Crippen LogP contribution in [0.25, 0.3) is 0 Å². The first-order chi connectivity index (χ1) is 20.6. The molecule has 10 heteroatoms. The van der Waals surface area contributed by atoms with Crippen molar-refractivity contribution in [1.29, 1.82) is 0 Å². The van der Waals surface area contributed by atoms with Gasteiger partial charge in [0.05, 0.1) is 17.3 Å². The Hall–Kier alpha value is -4.66. The standard InChI is InChI=1S/C33H28Cl2N2O6/c1-20(2)24-5-4-21(3)29(16-24)41-19-31(38)37-36-18-25-10-15-28(42-32(39)22-6-11-26(34)12-7-22)17-30(25)43-33(40)23-8-13-27(35)14-9-23/h4-18,20H,19H2,1-3H3,(H,37,38). The van der Waals surface area contributed by atoms with E-state index >= 15 is 0 Å². The van der Waals surface area contributed by atoms with Crippen molar-refractivity contribution in [2.45, 2.75) is 26.7 Å². The summed E-state index contributed by atoms with van der Waals surface area (Å²) in [7, 11) is 0. The molecule has 0 aliphatic carbocycles. The topological polar surface area (TPSA) is 103 Å². The van der Waals surface area contributed by atoms with E-state index in [9.17, 15) is 14.4 Å². The molecule has 4 rings (SSSR count). The zero-order chi connectivity index (χ0) is 30.9. The lowest BCUT2D eigenvalue weighted by Crippen LogP contribution is -2.24. The van der Waals surface area contributed by atoms with Gasteiger partial charge in [0.25, 0.3) is 5.91 Å². The lowest BCUT2D eigenvalue weighted by molar-refractivity contribution is -0.123. The molecule has 0 bridgehead atoms. The van der Waals surface area contributed by atoms with Crippen LogP contribution in [0.5, 0.6) is 17.2 Å². The SMILES string of the molecule is Cc1ccc(C(C)C)cc1OCC(=O)NN=Cc1ccc(OC(=O)c2ccc(Cl)cc2)cc1OC(=O)c1ccc(Cl)cc1. The highest BCUT2D eigenvalue weighted by molar-refractivity contribution is 6.31. The normalized spacial score (nSPS) is 10.9. The molecule has 0 unspecified atom stereocenters. The predicted octanol–water partition coefficient (Wildman–Crippen LogP) is 7.39. The van der Waals surface area contributed by atoms with E-state index in [4.69, 9.17) is 37.4 Å². The van der Waals surface area contributed by atoms with Gasteiger partial charge < -0.3 is 14.2 Å². The largest absolute Gasteiger partial charge is 0.483 e. The number of nitrogens with zero attached hydrogens (tertiary/aromatic N) is 1. The lowest BCUT2D eigenvalue weighted by Gasteiger charge is -2.12. The van der Waals surface area contributed by atoms with Gasteiger partial charge in [0.15, 0.2) is 6.61 Å². The molecule has 0 saturated heterocycles. The minimum Gasteiger partial charge on any atom is -0.483 e. The third-order valence-corrected chi connectivity index (χ3v) is 6.69. The Morgan fingerprint density at radius 2 is 1.40 bits per heavy atom. The average Bonchev–Trinajstić information content (AvgIpc) is 2.98. The molecule has 0 fully saturated rings. The Balaban J connectivity index is 1.48. The number of ether oxygens (including phenoxy) is 3. The van der Waals surface area contributed by atoms with Gasteiger partial charge in [-0.15, -0.1) is 0 Å². The molecule has 0 heterocycles. The monoisotopic (exact) mass is 618 g/mol. The number of benzene rings is 4. The van der Waals surface area contributed by atoms with E-state index in [1.165, 1.54) is 48.7 Å². The average molecular weight is 620 g/mol. The Bertz CT molecular complexity index is 1650. The molecule has 0 radical (unpaired) electrons. The van der Waals surface area contributed by atoms with Gasteiger partial charge in [-0.2, -0.15) is 5.10 Å². The highest BCUT2D eigenvalue weighted by Crippen LogP contribution is 2.27. The minimum absolute atomic E-state index is 0.0386. The van der Waals surface area contributed by atoms with Gasteiger partial charge >= 0.3 is 11.9 Å². The molecule has 8 nitrogen and oxygen atoms in total. The van der Waals surface area contributed by atoms with E-state index in [-0.39, 0.29) is 29.2 Å². The first kappa shape index (κ1) is 31.3. The zero-order valence-corrected chi connectivity index (χ0v) is 25.1. The fraction of sp³-hybridized carbons (Fsp3) is 0.152. The van der Waals surface area contributed by atoms with E-state index in [1.807, 2.05) is 25.1 Å². The molecule has 220 valence electrons. The van der Waals surface area contributed by atoms with Crippen molar-refractivity contribution >= 4 is 47.3 Å². The Kier molecular flexibility index (Phi) is 10.5. The van der Waals surface area contributed by atoms with E-state index < -0.39 is 17.8 Å². The molecule has 0 atom stereocenters. The summed E-state index contributed by atoms with van der Waals surface area (Å²) in [5, 5.41) is 4.93. The number of hydrogen-bond acceptors (Lipinski definition) is 7. The molecule has 0 aliphatic heterocycles. The Morgan fingerprint density at radius 3 is 2.00 bits per heavy atom. The van der Waals surface area contributed by atoms with Crippen molar-refractivity contribution in [3.8, 4) is 17.2 Å². The second-order valence-corrected chi connectivity index (χ2v) is 10.6. The summed E-state index contributed by atoms with van der Waals surface area (Å²) in [5.41, 5.74) is 5.27. The van der Waals surface area contributed by atoms with E-state index in [0.717, 1.165) is 11.1 Å². The number of aryl methyl sites for hydroxylation is 1. The summed E-state index contributed by atoms with van der Waals surface area (Å²) < 4.78 is 16.8. The van der Waals surface area contributed by atoms with E-state index in [2.05, 4.69) is 24.4 Å². The number of amides is 1. The second kappa shape index (κ2) is 14.5. The maximum Gasteiger partial charge on any atom is 0.343 e. The van der Waals surface area contributed by atoms with Crippen molar-refractivity contribution in [1.82, 2.24) is 5.43 Å². The van der Waals surface area contributed by atoms with Crippen LogP contribution in [0.3, 0.4) is 0 Å². The summed E-state index contributed by atoms with van der Waals surface area (Å²) in [6, 6.07) is 22.6. The van der Waals surface area contributed by atoms with Crippen LogP contribution < -0.4 is 19.6 Å². The van der Waals surface area contributed by atoms with Gasteiger partial charge in [-0.3, -0.25) is 4.79 Å². The molecule has 0 spiro atoms. The number of esters is 2. The number of rotatable bonds is 10. The van der Waals surface area contributed by atoms with Crippen LogP contribution in [0.1, 0.15) is 57.2 Å². The summed E-state index contributed by atoms with van der Waals surface area (Å²) in [6.45, 7) is 5.80. The minimum atomic E-state index is -0.677. The van der Waals surface area contributed by atoms with Gasteiger partial charge in [-0.05, 0) is 90.7 Å². The molecule has 43 heavy (non-hydrogen) atoms. The fourth-order valence-corrected chi connectivity index (χ4v) is 4.00. The van der Waals surface area contributed by atoms with Crippen molar-refractivity contribution in [3.05, 3.63) is 123 Å². The van der Waals surface area contributed by atoms with Crippen LogP contribution in [0.15, 0.2) is 90.0 Å². The van der Waals surface area contributed by atoms with Crippen LogP contribution in [0, 0.1) is 6.92 Å². The van der Waals surface area contributed by atoms with Crippen LogP contribution in [0.2, 0.25) is 10.0 Å². The smallest absolute Gasteiger partial charge is 0.343 e. The first-order valence-electron chi connectivity index (χ1n) is 13.2. The summed E-state index contributed by atoms with van der Waals surface area (Å²) in [6.07, 6.45) is 1.30. The molecule has 1 N–H and O–H groups in total. The second-order valence-electron chi connectivity index (χ2n) is 9.75. The quantitative estimate of drug-likeness (QED) is 0.0860. The molecular formula is C33H28Cl2N2O6. The van der Waals surface area contributed by atoms with Crippen LogP contribution in [0.4, 0.5) is 0 Å².